The van der Waals surface area contributed by atoms with Gasteiger partial charge in [0, 0.05) is 23.0 Å². The van der Waals surface area contributed by atoms with Gasteiger partial charge in [0.1, 0.15) is 11.5 Å². The Morgan fingerprint density at radius 3 is 2.68 bits per heavy atom. The SMILES string of the molecule is C=Cc1cc2[nH]c(=O)c(N)c(-c3ccc(F)c(N)c3C=N)c2nc1C. The second-order valence-corrected chi connectivity index (χ2v) is 5.57. The molecule has 0 saturated carbocycles. The molecule has 0 atom stereocenters. The number of benzene rings is 1. The Labute approximate surface area is 142 Å². The third kappa shape index (κ3) is 2.46. The molecule has 0 radical (unpaired) electrons. The van der Waals surface area contributed by atoms with Gasteiger partial charge >= 0.3 is 0 Å². The Balaban J connectivity index is 2.53. The van der Waals surface area contributed by atoms with E-state index in [1.54, 1.807) is 19.1 Å². The summed E-state index contributed by atoms with van der Waals surface area (Å²) in [5.74, 6) is -0.645. The number of nitrogens with one attached hydrogen (secondary N) is 2. The van der Waals surface area contributed by atoms with E-state index < -0.39 is 11.4 Å². The summed E-state index contributed by atoms with van der Waals surface area (Å²) in [6.45, 7) is 5.53. The van der Waals surface area contributed by atoms with Crippen molar-refractivity contribution in [2.75, 3.05) is 11.5 Å². The molecule has 2 aromatic heterocycles. The quantitative estimate of drug-likeness (QED) is 0.433. The first-order chi connectivity index (χ1) is 11.9. The van der Waals surface area contributed by atoms with Crippen molar-refractivity contribution in [2.45, 2.75) is 6.92 Å². The van der Waals surface area contributed by atoms with E-state index in [-0.39, 0.29) is 16.9 Å². The summed E-state index contributed by atoms with van der Waals surface area (Å²) in [6.07, 6.45) is 2.57. The third-order valence-corrected chi connectivity index (χ3v) is 4.12. The predicted octanol–water partition coefficient (Wildman–Crippen LogP) is 2.84. The number of aromatic amines is 1. The molecule has 6 N–H and O–H groups in total. The number of H-pyrrole nitrogens is 1. The summed E-state index contributed by atoms with van der Waals surface area (Å²) in [7, 11) is 0. The number of pyridine rings is 2. The average Bonchev–Trinajstić information content (AvgIpc) is 2.59. The number of hydrogen-bond acceptors (Lipinski definition) is 5. The molecule has 0 amide bonds. The van der Waals surface area contributed by atoms with Crippen LogP contribution in [0.1, 0.15) is 16.8 Å². The van der Waals surface area contributed by atoms with Crippen LogP contribution in [0.4, 0.5) is 15.8 Å². The van der Waals surface area contributed by atoms with Gasteiger partial charge in [-0.3, -0.25) is 9.78 Å². The van der Waals surface area contributed by atoms with Crippen molar-refractivity contribution in [1.29, 1.82) is 5.41 Å². The monoisotopic (exact) mass is 337 g/mol. The molecule has 1 aromatic carbocycles. The molecule has 7 heteroatoms. The molecule has 0 spiro atoms. The average molecular weight is 337 g/mol. The lowest BCUT2D eigenvalue weighted by molar-refractivity contribution is 0.632. The second kappa shape index (κ2) is 5.86. The number of rotatable bonds is 3. The molecule has 2 heterocycles. The van der Waals surface area contributed by atoms with Gasteiger partial charge in [0.2, 0.25) is 0 Å². The van der Waals surface area contributed by atoms with Crippen molar-refractivity contribution >= 4 is 34.7 Å². The number of halogens is 1. The van der Waals surface area contributed by atoms with Crippen molar-refractivity contribution in [1.82, 2.24) is 9.97 Å². The van der Waals surface area contributed by atoms with Gasteiger partial charge in [0.05, 0.1) is 16.7 Å². The molecule has 0 aliphatic heterocycles. The minimum Gasteiger partial charge on any atom is -0.396 e. The molecule has 3 rings (SSSR count). The lowest BCUT2D eigenvalue weighted by Crippen LogP contribution is -2.15. The van der Waals surface area contributed by atoms with Crippen LogP contribution in [0.15, 0.2) is 29.6 Å². The van der Waals surface area contributed by atoms with Gasteiger partial charge in [-0.05, 0) is 30.2 Å². The standard InChI is InChI=1S/C18H16FN5O/c1-3-9-6-13-17(23-8(9)2)14(16(22)18(25)24-13)10-4-5-12(19)15(21)11(10)7-20/h3-7,20H,1,21-22H2,2H3,(H,24,25). The maximum absolute atomic E-state index is 13.8. The normalized spacial score (nSPS) is 10.8. The Kier molecular flexibility index (Phi) is 3.84. The fourth-order valence-corrected chi connectivity index (χ4v) is 2.80. The zero-order valence-corrected chi connectivity index (χ0v) is 13.5. The smallest absolute Gasteiger partial charge is 0.272 e. The number of hydrogen-bond donors (Lipinski definition) is 4. The summed E-state index contributed by atoms with van der Waals surface area (Å²) < 4.78 is 13.8. The minimum absolute atomic E-state index is 0.0696. The van der Waals surface area contributed by atoms with Crippen LogP contribution in [0.5, 0.6) is 0 Å². The number of aromatic nitrogens is 2. The van der Waals surface area contributed by atoms with Crippen molar-refractivity contribution < 1.29 is 4.39 Å². The molecule has 0 unspecified atom stereocenters. The van der Waals surface area contributed by atoms with E-state index in [0.29, 0.717) is 27.9 Å². The number of nitrogen functional groups attached to an aromatic ring is 2. The largest absolute Gasteiger partial charge is 0.396 e. The van der Waals surface area contributed by atoms with Crippen LogP contribution in [0.2, 0.25) is 0 Å². The van der Waals surface area contributed by atoms with Crippen molar-refractivity contribution in [3.63, 3.8) is 0 Å². The first-order valence-corrected chi connectivity index (χ1v) is 7.43. The molecular formula is C18H16FN5O. The zero-order chi connectivity index (χ0) is 18.3. The highest BCUT2D eigenvalue weighted by atomic mass is 19.1. The molecule has 0 bridgehead atoms. The van der Waals surface area contributed by atoms with E-state index in [0.717, 1.165) is 11.8 Å². The molecule has 6 nitrogen and oxygen atoms in total. The Morgan fingerprint density at radius 1 is 1.32 bits per heavy atom. The number of nitrogens with zero attached hydrogens (tertiary/aromatic N) is 1. The van der Waals surface area contributed by atoms with Gasteiger partial charge < -0.3 is 21.9 Å². The van der Waals surface area contributed by atoms with Crippen LogP contribution in [-0.2, 0) is 0 Å². The Bertz CT molecular complexity index is 1100. The van der Waals surface area contributed by atoms with Gasteiger partial charge in [-0.1, -0.05) is 18.7 Å². The van der Waals surface area contributed by atoms with Crippen LogP contribution >= 0.6 is 0 Å². The van der Waals surface area contributed by atoms with Crippen LogP contribution in [0.3, 0.4) is 0 Å². The highest BCUT2D eigenvalue weighted by Gasteiger charge is 2.19. The second-order valence-electron chi connectivity index (χ2n) is 5.57. The molecule has 0 saturated heterocycles. The summed E-state index contributed by atoms with van der Waals surface area (Å²) in [5, 5.41) is 7.58. The summed E-state index contributed by atoms with van der Waals surface area (Å²) >= 11 is 0. The maximum atomic E-state index is 13.8. The van der Waals surface area contributed by atoms with E-state index in [2.05, 4.69) is 16.5 Å². The number of nitrogens with two attached hydrogens (primary N) is 2. The van der Waals surface area contributed by atoms with Crippen molar-refractivity contribution in [2.24, 2.45) is 0 Å². The first kappa shape index (κ1) is 16.4. The van der Waals surface area contributed by atoms with Gasteiger partial charge in [-0.25, -0.2) is 4.39 Å². The topological polar surface area (TPSA) is 122 Å². The lowest BCUT2D eigenvalue weighted by atomic mass is 9.96. The van der Waals surface area contributed by atoms with E-state index in [4.69, 9.17) is 16.9 Å². The van der Waals surface area contributed by atoms with Gasteiger partial charge in [0.25, 0.3) is 5.56 Å². The van der Waals surface area contributed by atoms with Crippen molar-refractivity contribution in [3.8, 4) is 11.1 Å². The number of aryl methyl sites for hydroxylation is 1. The molecule has 3 aromatic rings. The summed E-state index contributed by atoms with van der Waals surface area (Å²) in [6, 6.07) is 4.36. The molecule has 126 valence electrons. The third-order valence-electron chi connectivity index (χ3n) is 4.12. The number of anilines is 2. The fraction of sp³-hybridized carbons (Fsp3) is 0.0556. The Morgan fingerprint density at radius 2 is 2.04 bits per heavy atom. The molecular weight excluding hydrogens is 321 g/mol. The molecule has 0 aliphatic carbocycles. The predicted molar refractivity (Wildman–Crippen MR) is 99.3 cm³/mol. The highest BCUT2D eigenvalue weighted by molar-refractivity contribution is 6.05. The van der Waals surface area contributed by atoms with Crippen LogP contribution in [0, 0.1) is 18.2 Å². The lowest BCUT2D eigenvalue weighted by Gasteiger charge is -2.14. The molecule has 0 aliphatic rings. The Hall–Kier alpha value is -3.48. The maximum Gasteiger partial charge on any atom is 0.272 e. The molecule has 0 fully saturated rings. The van der Waals surface area contributed by atoms with Gasteiger partial charge in [-0.15, -0.1) is 0 Å². The molecule has 25 heavy (non-hydrogen) atoms. The van der Waals surface area contributed by atoms with Gasteiger partial charge in [-0.2, -0.15) is 0 Å². The van der Waals surface area contributed by atoms with Crippen molar-refractivity contribution in [3.05, 3.63) is 57.8 Å². The first-order valence-electron chi connectivity index (χ1n) is 7.43. The van der Waals surface area contributed by atoms with Gasteiger partial charge in [0.15, 0.2) is 0 Å². The fourth-order valence-electron chi connectivity index (χ4n) is 2.80. The summed E-state index contributed by atoms with van der Waals surface area (Å²) in [5.41, 5.74) is 14.2. The van der Waals surface area contributed by atoms with Crippen LogP contribution in [-0.4, -0.2) is 16.2 Å². The van der Waals surface area contributed by atoms with E-state index in [1.165, 1.54) is 12.1 Å². The van der Waals surface area contributed by atoms with Crippen LogP contribution in [0.25, 0.3) is 28.2 Å². The minimum atomic E-state index is -0.645. The number of fused-ring (bicyclic) bond motifs is 1. The zero-order valence-electron chi connectivity index (χ0n) is 13.5. The summed E-state index contributed by atoms with van der Waals surface area (Å²) in [4.78, 5) is 19.5. The van der Waals surface area contributed by atoms with E-state index in [9.17, 15) is 9.18 Å². The van der Waals surface area contributed by atoms with Crippen LogP contribution < -0.4 is 17.0 Å². The van der Waals surface area contributed by atoms with E-state index >= 15 is 0 Å². The highest BCUT2D eigenvalue weighted by Crippen LogP contribution is 2.35. The van der Waals surface area contributed by atoms with E-state index in [1.807, 2.05) is 0 Å².